The molecule has 17 heavy (non-hydrogen) atoms. The van der Waals surface area contributed by atoms with Gasteiger partial charge in [0.15, 0.2) is 0 Å². The van der Waals surface area contributed by atoms with Crippen molar-refractivity contribution in [2.24, 2.45) is 0 Å². The van der Waals surface area contributed by atoms with E-state index in [1.165, 1.54) is 51.6 Å². The Bertz CT molecular complexity index is 115. The van der Waals surface area contributed by atoms with E-state index in [9.17, 15) is 0 Å². The van der Waals surface area contributed by atoms with Crippen LogP contribution in [0.2, 0.25) is 0 Å². The third-order valence-corrected chi connectivity index (χ3v) is 2.83. The predicted molar refractivity (Wildman–Crippen MR) is 77.7 cm³/mol. The van der Waals surface area contributed by atoms with E-state index >= 15 is 0 Å². The Balaban J connectivity index is 2.85. The van der Waals surface area contributed by atoms with Crippen molar-refractivity contribution in [3.8, 4) is 0 Å². The molecule has 0 fully saturated rings. The summed E-state index contributed by atoms with van der Waals surface area (Å²) in [5.41, 5.74) is 0. The second-order valence-corrected chi connectivity index (χ2v) is 4.66. The van der Waals surface area contributed by atoms with Gasteiger partial charge in [-0.15, -0.1) is 0 Å². The number of hydrogen-bond acceptors (Lipinski definition) is 3. The highest BCUT2D eigenvalue weighted by atomic mass is 14.9. The van der Waals surface area contributed by atoms with Gasteiger partial charge in [0.05, 0.1) is 0 Å². The van der Waals surface area contributed by atoms with Crippen LogP contribution in [0.5, 0.6) is 0 Å². The Morgan fingerprint density at radius 1 is 0.471 bits per heavy atom. The molecule has 0 atom stereocenters. The Kier molecular flexibility index (Phi) is 15.8. The average Bonchev–Trinajstić information content (AvgIpc) is 2.35. The summed E-state index contributed by atoms with van der Waals surface area (Å²) in [4.78, 5) is 0. The largest absolute Gasteiger partial charge is 0.317 e. The van der Waals surface area contributed by atoms with Gasteiger partial charge in [-0.1, -0.05) is 26.7 Å². The minimum atomic E-state index is 1.15. The Morgan fingerprint density at radius 2 is 0.765 bits per heavy atom. The van der Waals surface area contributed by atoms with Gasteiger partial charge in [-0.25, -0.2) is 0 Å². The van der Waals surface area contributed by atoms with Gasteiger partial charge in [0.1, 0.15) is 0 Å². The monoisotopic (exact) mass is 243 g/mol. The van der Waals surface area contributed by atoms with Crippen LogP contribution < -0.4 is 16.0 Å². The molecule has 0 aliphatic heterocycles. The van der Waals surface area contributed by atoms with E-state index in [4.69, 9.17) is 0 Å². The van der Waals surface area contributed by atoms with Gasteiger partial charge >= 0.3 is 0 Å². The zero-order valence-corrected chi connectivity index (χ0v) is 12.0. The van der Waals surface area contributed by atoms with Crippen LogP contribution in [0, 0.1) is 0 Å². The normalized spacial score (nSPS) is 10.9. The summed E-state index contributed by atoms with van der Waals surface area (Å²) in [5.74, 6) is 0. The molecule has 0 aliphatic carbocycles. The first-order valence-corrected chi connectivity index (χ1v) is 7.54. The molecule has 0 unspecified atom stereocenters. The zero-order chi connectivity index (χ0) is 12.6. The number of nitrogens with one attached hydrogen (secondary N) is 3. The lowest BCUT2D eigenvalue weighted by molar-refractivity contribution is 0.555. The van der Waals surface area contributed by atoms with Crippen LogP contribution in [0.25, 0.3) is 0 Å². The fraction of sp³-hybridized carbons (Fsp3) is 1.00. The van der Waals surface area contributed by atoms with Crippen LogP contribution in [0.15, 0.2) is 0 Å². The van der Waals surface area contributed by atoms with E-state index < -0.39 is 0 Å². The Labute approximate surface area is 108 Å². The molecule has 0 aromatic carbocycles. The molecule has 0 heterocycles. The maximum absolute atomic E-state index is 3.49. The van der Waals surface area contributed by atoms with Crippen LogP contribution in [-0.2, 0) is 0 Å². The molecule has 0 amide bonds. The van der Waals surface area contributed by atoms with Crippen molar-refractivity contribution >= 4 is 0 Å². The fourth-order valence-electron chi connectivity index (χ4n) is 1.66. The molecular weight excluding hydrogens is 210 g/mol. The standard InChI is InChI=1S/C14H33N3/c1-3-5-9-15-11-7-13-17-14-8-12-16-10-6-4-2/h15-17H,3-14H2,1-2H3. The summed E-state index contributed by atoms with van der Waals surface area (Å²) < 4.78 is 0. The van der Waals surface area contributed by atoms with Gasteiger partial charge in [0.2, 0.25) is 0 Å². The molecule has 0 saturated heterocycles. The Hall–Kier alpha value is -0.120. The molecule has 0 aliphatic rings. The second kappa shape index (κ2) is 15.9. The molecule has 0 bridgehead atoms. The van der Waals surface area contributed by atoms with Crippen LogP contribution >= 0.6 is 0 Å². The molecule has 3 nitrogen and oxygen atoms in total. The minimum absolute atomic E-state index is 1.15. The van der Waals surface area contributed by atoms with Crippen molar-refractivity contribution in [3.05, 3.63) is 0 Å². The maximum Gasteiger partial charge on any atom is -0.00368 e. The van der Waals surface area contributed by atoms with Gasteiger partial charge in [0, 0.05) is 0 Å². The van der Waals surface area contributed by atoms with Gasteiger partial charge in [-0.2, -0.15) is 0 Å². The second-order valence-electron chi connectivity index (χ2n) is 4.66. The predicted octanol–water partition coefficient (Wildman–Crippen LogP) is 2.14. The van der Waals surface area contributed by atoms with Crippen molar-refractivity contribution in [1.29, 1.82) is 0 Å². The molecule has 0 radical (unpaired) electrons. The van der Waals surface area contributed by atoms with Gasteiger partial charge in [0.25, 0.3) is 0 Å². The Morgan fingerprint density at radius 3 is 1.06 bits per heavy atom. The first-order valence-electron chi connectivity index (χ1n) is 7.54. The van der Waals surface area contributed by atoms with Crippen molar-refractivity contribution < 1.29 is 0 Å². The summed E-state index contributed by atoms with van der Waals surface area (Å²) >= 11 is 0. The van der Waals surface area contributed by atoms with Crippen molar-refractivity contribution in [1.82, 2.24) is 16.0 Å². The molecule has 3 heteroatoms. The maximum atomic E-state index is 3.49. The quantitative estimate of drug-likeness (QED) is 0.409. The molecule has 0 aromatic rings. The minimum Gasteiger partial charge on any atom is -0.317 e. The first-order chi connectivity index (χ1) is 8.41. The summed E-state index contributed by atoms with van der Waals surface area (Å²) in [6.45, 7) is 11.4. The summed E-state index contributed by atoms with van der Waals surface area (Å²) in [5, 5.41) is 10.4. The number of rotatable bonds is 14. The van der Waals surface area contributed by atoms with E-state index in [1.54, 1.807) is 0 Å². The molecule has 0 saturated carbocycles. The van der Waals surface area contributed by atoms with Gasteiger partial charge in [-0.3, -0.25) is 0 Å². The van der Waals surface area contributed by atoms with E-state index in [-0.39, 0.29) is 0 Å². The van der Waals surface area contributed by atoms with Gasteiger partial charge < -0.3 is 16.0 Å². The first kappa shape index (κ1) is 16.9. The van der Waals surface area contributed by atoms with E-state index in [0.717, 1.165) is 26.2 Å². The van der Waals surface area contributed by atoms with Crippen LogP contribution in [0.3, 0.4) is 0 Å². The van der Waals surface area contributed by atoms with Crippen molar-refractivity contribution in [3.63, 3.8) is 0 Å². The fourth-order valence-corrected chi connectivity index (χ4v) is 1.66. The molecule has 104 valence electrons. The lowest BCUT2D eigenvalue weighted by Gasteiger charge is -2.06. The highest BCUT2D eigenvalue weighted by molar-refractivity contribution is 4.54. The molecule has 3 N–H and O–H groups in total. The highest BCUT2D eigenvalue weighted by Gasteiger charge is 1.90. The number of unbranched alkanes of at least 4 members (excludes halogenated alkanes) is 2. The van der Waals surface area contributed by atoms with Crippen LogP contribution in [-0.4, -0.2) is 39.3 Å². The molecular formula is C14H33N3. The van der Waals surface area contributed by atoms with Crippen LogP contribution in [0.4, 0.5) is 0 Å². The molecule has 0 aromatic heterocycles. The summed E-state index contributed by atoms with van der Waals surface area (Å²) in [6.07, 6.45) is 7.67. The highest BCUT2D eigenvalue weighted by Crippen LogP contribution is 1.84. The summed E-state index contributed by atoms with van der Waals surface area (Å²) in [7, 11) is 0. The van der Waals surface area contributed by atoms with Crippen molar-refractivity contribution in [2.45, 2.75) is 52.4 Å². The summed E-state index contributed by atoms with van der Waals surface area (Å²) in [6, 6.07) is 0. The molecule has 0 spiro atoms. The SMILES string of the molecule is CCCCNCCCNCCCNCCCC. The smallest absolute Gasteiger partial charge is 0.00368 e. The van der Waals surface area contributed by atoms with Crippen LogP contribution in [0.1, 0.15) is 52.4 Å². The van der Waals surface area contributed by atoms with E-state index in [1.807, 2.05) is 0 Å². The van der Waals surface area contributed by atoms with Crippen molar-refractivity contribution in [2.75, 3.05) is 39.3 Å². The third kappa shape index (κ3) is 15.9. The lowest BCUT2D eigenvalue weighted by atomic mass is 10.3. The van der Waals surface area contributed by atoms with Gasteiger partial charge in [-0.05, 0) is 65.0 Å². The zero-order valence-electron chi connectivity index (χ0n) is 12.0. The van der Waals surface area contributed by atoms with E-state index in [0.29, 0.717) is 0 Å². The number of hydrogen-bond donors (Lipinski definition) is 3. The molecule has 0 rings (SSSR count). The lowest BCUT2D eigenvalue weighted by Crippen LogP contribution is -2.25. The third-order valence-electron chi connectivity index (χ3n) is 2.83. The van der Waals surface area contributed by atoms with E-state index in [2.05, 4.69) is 29.8 Å². The average molecular weight is 243 g/mol. The topological polar surface area (TPSA) is 36.1 Å².